The Morgan fingerprint density at radius 2 is 2.32 bits per heavy atom. The second-order valence-electron chi connectivity index (χ2n) is 5.25. The standard InChI is InChI=1S/C14H20N2O2S/c1-10(15)12-4-3-11(8-16-12)19-9-14(5-6-14)7-13(17)18-2/h3-4,8,10H,5-7,9,15H2,1-2H3/t10-/m0/s1. The number of hydrogen-bond acceptors (Lipinski definition) is 5. The Morgan fingerprint density at radius 1 is 1.58 bits per heavy atom. The van der Waals surface area contributed by atoms with Crippen LogP contribution in [0.1, 0.15) is 37.9 Å². The van der Waals surface area contributed by atoms with E-state index < -0.39 is 0 Å². The fraction of sp³-hybridized carbons (Fsp3) is 0.571. The molecule has 19 heavy (non-hydrogen) atoms. The Balaban J connectivity index is 1.87. The molecule has 0 spiro atoms. The lowest BCUT2D eigenvalue weighted by molar-refractivity contribution is -0.141. The van der Waals surface area contributed by atoms with Crippen LogP contribution in [-0.2, 0) is 9.53 Å². The van der Waals surface area contributed by atoms with Gasteiger partial charge in [-0.1, -0.05) is 0 Å². The summed E-state index contributed by atoms with van der Waals surface area (Å²) in [6.45, 7) is 1.92. The number of nitrogens with zero attached hydrogens (tertiary/aromatic N) is 1. The fourth-order valence-corrected chi connectivity index (χ4v) is 3.07. The highest BCUT2D eigenvalue weighted by Crippen LogP contribution is 2.52. The topological polar surface area (TPSA) is 65.2 Å². The van der Waals surface area contributed by atoms with Crippen LogP contribution in [0.25, 0.3) is 0 Å². The van der Waals surface area contributed by atoms with Crippen molar-refractivity contribution in [1.29, 1.82) is 0 Å². The molecule has 0 amide bonds. The molecule has 1 atom stereocenters. The van der Waals surface area contributed by atoms with Gasteiger partial charge in [0.15, 0.2) is 0 Å². The van der Waals surface area contributed by atoms with Crippen molar-refractivity contribution in [2.75, 3.05) is 12.9 Å². The number of methoxy groups -OCH3 is 1. The summed E-state index contributed by atoms with van der Waals surface area (Å²) in [5.41, 5.74) is 6.82. The molecule has 1 fully saturated rings. The molecule has 104 valence electrons. The zero-order valence-electron chi connectivity index (χ0n) is 11.4. The maximum Gasteiger partial charge on any atom is 0.306 e. The van der Waals surface area contributed by atoms with Crippen LogP contribution < -0.4 is 5.73 Å². The molecule has 1 aliphatic rings. The number of pyridine rings is 1. The molecular weight excluding hydrogens is 260 g/mol. The van der Waals surface area contributed by atoms with Gasteiger partial charge in [-0.25, -0.2) is 0 Å². The summed E-state index contributed by atoms with van der Waals surface area (Å²) in [6, 6.07) is 3.98. The van der Waals surface area contributed by atoms with Crippen molar-refractivity contribution in [2.45, 2.75) is 37.1 Å². The van der Waals surface area contributed by atoms with Crippen molar-refractivity contribution in [3.63, 3.8) is 0 Å². The minimum absolute atomic E-state index is 0.0341. The van der Waals surface area contributed by atoms with Crippen molar-refractivity contribution in [1.82, 2.24) is 4.98 Å². The molecule has 1 heterocycles. The van der Waals surface area contributed by atoms with E-state index in [4.69, 9.17) is 10.5 Å². The average molecular weight is 280 g/mol. The van der Waals surface area contributed by atoms with E-state index in [1.54, 1.807) is 11.8 Å². The van der Waals surface area contributed by atoms with Gasteiger partial charge in [0, 0.05) is 22.9 Å². The fourth-order valence-electron chi connectivity index (χ4n) is 1.91. The molecular formula is C14H20N2O2S. The summed E-state index contributed by atoms with van der Waals surface area (Å²) >= 11 is 1.75. The predicted molar refractivity (Wildman–Crippen MR) is 75.9 cm³/mol. The van der Waals surface area contributed by atoms with Crippen molar-refractivity contribution >= 4 is 17.7 Å². The first kappa shape index (κ1) is 14.3. The van der Waals surface area contributed by atoms with Crippen molar-refractivity contribution in [3.05, 3.63) is 24.0 Å². The number of ether oxygens (including phenoxy) is 1. The van der Waals surface area contributed by atoms with Crippen LogP contribution in [-0.4, -0.2) is 23.8 Å². The highest BCUT2D eigenvalue weighted by Gasteiger charge is 2.44. The number of esters is 1. The van der Waals surface area contributed by atoms with E-state index in [1.165, 1.54) is 7.11 Å². The zero-order valence-corrected chi connectivity index (χ0v) is 12.2. The van der Waals surface area contributed by atoms with Gasteiger partial charge < -0.3 is 10.5 Å². The summed E-state index contributed by atoms with van der Waals surface area (Å²) in [4.78, 5) is 16.8. The third kappa shape index (κ3) is 3.94. The number of thioether (sulfide) groups is 1. The summed E-state index contributed by atoms with van der Waals surface area (Å²) in [6.07, 6.45) is 4.61. The lowest BCUT2D eigenvalue weighted by atomic mass is 10.1. The summed E-state index contributed by atoms with van der Waals surface area (Å²) < 4.78 is 4.75. The minimum atomic E-state index is -0.108. The molecule has 0 bridgehead atoms. The third-order valence-corrected chi connectivity index (χ3v) is 4.81. The largest absolute Gasteiger partial charge is 0.469 e. The number of rotatable bonds is 6. The van der Waals surface area contributed by atoms with Crippen LogP contribution in [0.3, 0.4) is 0 Å². The van der Waals surface area contributed by atoms with Crippen LogP contribution in [0.4, 0.5) is 0 Å². The van der Waals surface area contributed by atoms with Gasteiger partial charge in [-0.05, 0) is 37.3 Å². The molecule has 1 saturated carbocycles. The maximum absolute atomic E-state index is 11.3. The molecule has 0 unspecified atom stereocenters. The number of nitrogens with two attached hydrogens (primary N) is 1. The first-order chi connectivity index (χ1) is 9.04. The van der Waals surface area contributed by atoms with Crippen LogP contribution in [0.5, 0.6) is 0 Å². The lowest BCUT2D eigenvalue weighted by Gasteiger charge is -2.13. The Hall–Kier alpha value is -1.07. The molecule has 1 aromatic heterocycles. The molecule has 4 nitrogen and oxygen atoms in total. The van der Waals surface area contributed by atoms with E-state index in [9.17, 15) is 4.79 Å². The quantitative estimate of drug-likeness (QED) is 0.641. The zero-order chi connectivity index (χ0) is 13.9. The Labute approximate surface area is 118 Å². The Bertz CT molecular complexity index is 441. The van der Waals surface area contributed by atoms with Crippen molar-refractivity contribution < 1.29 is 9.53 Å². The molecule has 0 aliphatic heterocycles. The van der Waals surface area contributed by atoms with Crippen molar-refractivity contribution in [2.24, 2.45) is 11.1 Å². The number of aromatic nitrogens is 1. The molecule has 1 aromatic rings. The summed E-state index contributed by atoms with van der Waals surface area (Å²) in [5.74, 6) is 0.838. The van der Waals surface area contributed by atoms with Gasteiger partial charge in [-0.15, -0.1) is 11.8 Å². The number of carbonyl (C=O) groups excluding carboxylic acids is 1. The third-order valence-electron chi connectivity index (χ3n) is 3.47. The molecule has 0 aromatic carbocycles. The molecule has 1 aliphatic carbocycles. The van der Waals surface area contributed by atoms with Gasteiger partial charge in [-0.3, -0.25) is 9.78 Å². The second kappa shape index (κ2) is 5.92. The maximum atomic E-state index is 11.3. The first-order valence-electron chi connectivity index (χ1n) is 6.46. The van der Waals surface area contributed by atoms with E-state index in [2.05, 4.69) is 4.98 Å². The minimum Gasteiger partial charge on any atom is -0.469 e. The Kier molecular flexibility index (Phi) is 4.47. The van der Waals surface area contributed by atoms with Crippen molar-refractivity contribution in [3.8, 4) is 0 Å². The number of hydrogen-bond donors (Lipinski definition) is 1. The van der Waals surface area contributed by atoms with E-state index in [-0.39, 0.29) is 17.4 Å². The van der Waals surface area contributed by atoms with E-state index >= 15 is 0 Å². The smallest absolute Gasteiger partial charge is 0.306 e. The van der Waals surface area contributed by atoms with Gasteiger partial charge in [-0.2, -0.15) is 0 Å². The summed E-state index contributed by atoms with van der Waals surface area (Å²) in [7, 11) is 1.45. The van der Waals surface area contributed by atoms with Gasteiger partial charge >= 0.3 is 5.97 Å². The second-order valence-corrected chi connectivity index (χ2v) is 6.30. The predicted octanol–water partition coefficient (Wildman–Crippen LogP) is 2.54. The van der Waals surface area contributed by atoms with E-state index in [1.807, 2.05) is 25.3 Å². The molecule has 5 heteroatoms. The van der Waals surface area contributed by atoms with E-state index in [0.717, 1.165) is 29.2 Å². The lowest BCUT2D eigenvalue weighted by Crippen LogP contribution is -2.13. The van der Waals surface area contributed by atoms with Crippen LogP contribution in [0, 0.1) is 5.41 Å². The van der Waals surface area contributed by atoms with Crippen LogP contribution >= 0.6 is 11.8 Å². The Morgan fingerprint density at radius 3 is 2.79 bits per heavy atom. The molecule has 2 N–H and O–H groups in total. The molecule has 2 rings (SSSR count). The molecule has 0 radical (unpaired) electrons. The number of carbonyl (C=O) groups is 1. The first-order valence-corrected chi connectivity index (χ1v) is 7.44. The van der Waals surface area contributed by atoms with Gasteiger partial charge in [0.2, 0.25) is 0 Å². The van der Waals surface area contributed by atoms with Crippen LogP contribution in [0.15, 0.2) is 23.2 Å². The molecule has 0 saturated heterocycles. The van der Waals surface area contributed by atoms with Gasteiger partial charge in [0.05, 0.1) is 19.2 Å². The SMILES string of the molecule is COC(=O)CC1(CSc2ccc([C@H](C)N)nc2)CC1. The van der Waals surface area contributed by atoms with Gasteiger partial charge in [0.25, 0.3) is 0 Å². The van der Waals surface area contributed by atoms with E-state index in [0.29, 0.717) is 6.42 Å². The van der Waals surface area contributed by atoms with Gasteiger partial charge in [0.1, 0.15) is 0 Å². The highest BCUT2D eigenvalue weighted by atomic mass is 32.2. The van der Waals surface area contributed by atoms with Crippen LogP contribution in [0.2, 0.25) is 0 Å². The normalized spacial score (nSPS) is 17.8. The monoisotopic (exact) mass is 280 g/mol. The highest BCUT2D eigenvalue weighted by molar-refractivity contribution is 7.99. The summed E-state index contributed by atoms with van der Waals surface area (Å²) in [5, 5.41) is 0. The average Bonchev–Trinajstić information content (AvgIpc) is 3.17.